The summed E-state index contributed by atoms with van der Waals surface area (Å²) < 4.78 is 14.7. The lowest BCUT2D eigenvalue weighted by molar-refractivity contribution is 0.599. The van der Waals surface area contributed by atoms with E-state index in [2.05, 4.69) is 47.6 Å². The summed E-state index contributed by atoms with van der Waals surface area (Å²) in [4.78, 5) is 8.09. The largest absolute Gasteiger partial charge is 0.612 e. The van der Waals surface area contributed by atoms with Crippen LogP contribution < -0.4 is 4.90 Å². The van der Waals surface area contributed by atoms with E-state index in [1.165, 1.54) is 11.1 Å². The zero-order valence-corrected chi connectivity index (χ0v) is 17.7. The maximum absolute atomic E-state index is 12.4. The second-order valence-electron chi connectivity index (χ2n) is 6.99. The highest BCUT2D eigenvalue weighted by Crippen LogP contribution is 2.36. The molecule has 1 atom stereocenters. The smallest absolute Gasteiger partial charge is 0.181 e. The van der Waals surface area contributed by atoms with Crippen LogP contribution in [0.1, 0.15) is 30.2 Å². The molecule has 27 heavy (non-hydrogen) atoms. The first kappa shape index (κ1) is 20.1. The van der Waals surface area contributed by atoms with Gasteiger partial charge in [0.05, 0.1) is 16.6 Å². The Kier molecular flexibility index (Phi) is 6.04. The van der Waals surface area contributed by atoms with E-state index in [1.54, 1.807) is 6.26 Å². The average molecular weight is 404 g/mol. The minimum absolute atomic E-state index is 0. The van der Waals surface area contributed by atoms with Crippen LogP contribution in [0.2, 0.25) is 0 Å². The fourth-order valence-corrected chi connectivity index (χ4v) is 5.15. The molecule has 3 aromatic rings. The fourth-order valence-electron chi connectivity index (χ4n) is 4.15. The van der Waals surface area contributed by atoms with Crippen molar-refractivity contribution in [1.29, 1.82) is 0 Å². The number of halogens is 1. The third-order valence-electron chi connectivity index (χ3n) is 5.32. The Morgan fingerprint density at radius 2 is 1.93 bits per heavy atom. The quantitative estimate of drug-likeness (QED) is 0.603. The monoisotopic (exact) mass is 403 g/mol. The van der Waals surface area contributed by atoms with Gasteiger partial charge in [-0.15, -0.1) is 12.4 Å². The zero-order chi connectivity index (χ0) is 18.3. The van der Waals surface area contributed by atoms with Gasteiger partial charge in [-0.25, -0.2) is 4.98 Å². The number of fused-ring (bicyclic) bond motifs is 2. The number of hydrogen-bond acceptors (Lipinski definition) is 3. The van der Waals surface area contributed by atoms with Crippen molar-refractivity contribution >= 4 is 40.3 Å². The molecule has 0 saturated heterocycles. The Balaban J connectivity index is 0.00000210. The summed E-state index contributed by atoms with van der Waals surface area (Å²) in [7, 11) is 0. The second-order valence-corrected chi connectivity index (χ2v) is 8.31. The van der Waals surface area contributed by atoms with E-state index >= 15 is 0 Å². The molecule has 1 aliphatic heterocycles. The molecule has 0 N–H and O–H groups in total. The molecule has 0 radical (unpaired) electrons. The van der Waals surface area contributed by atoms with E-state index in [1.807, 2.05) is 12.3 Å². The van der Waals surface area contributed by atoms with Crippen molar-refractivity contribution < 1.29 is 4.55 Å². The van der Waals surface area contributed by atoms with E-state index in [0.29, 0.717) is 0 Å². The minimum Gasteiger partial charge on any atom is -0.612 e. The molecule has 4 nitrogen and oxygen atoms in total. The number of benzene rings is 1. The number of aromatic nitrogens is 2. The number of rotatable bonds is 4. The van der Waals surface area contributed by atoms with Gasteiger partial charge in [0.1, 0.15) is 6.26 Å². The molecule has 0 bridgehead atoms. The van der Waals surface area contributed by atoms with Gasteiger partial charge in [-0.05, 0) is 48.1 Å². The van der Waals surface area contributed by atoms with Crippen LogP contribution in [0.5, 0.6) is 0 Å². The van der Waals surface area contributed by atoms with Crippen molar-refractivity contribution in [2.75, 3.05) is 17.7 Å². The van der Waals surface area contributed by atoms with Crippen LogP contribution in [0.15, 0.2) is 41.4 Å². The maximum atomic E-state index is 12.4. The predicted octanol–water partition coefficient (Wildman–Crippen LogP) is 4.48. The second kappa shape index (κ2) is 8.13. The zero-order valence-electron chi connectivity index (χ0n) is 16.1. The van der Waals surface area contributed by atoms with Gasteiger partial charge in [0.2, 0.25) is 0 Å². The first-order valence-electron chi connectivity index (χ1n) is 9.24. The molecule has 6 heteroatoms. The summed E-state index contributed by atoms with van der Waals surface area (Å²) in [5.74, 6) is 1.02. The van der Waals surface area contributed by atoms with Crippen molar-refractivity contribution in [1.82, 2.24) is 9.55 Å². The van der Waals surface area contributed by atoms with Crippen molar-refractivity contribution in [3.63, 3.8) is 0 Å². The van der Waals surface area contributed by atoms with Crippen LogP contribution in [0.3, 0.4) is 0 Å². The maximum Gasteiger partial charge on any atom is 0.181 e. The molecule has 144 valence electrons. The highest BCUT2D eigenvalue weighted by molar-refractivity contribution is 7.91. The first-order valence-corrected chi connectivity index (χ1v) is 10.8. The molecule has 0 amide bonds. The first-order chi connectivity index (χ1) is 12.6. The summed E-state index contributed by atoms with van der Waals surface area (Å²) in [6.45, 7) is 7.03. The lowest BCUT2D eigenvalue weighted by Crippen LogP contribution is -2.31. The van der Waals surface area contributed by atoms with Gasteiger partial charge in [-0.2, -0.15) is 0 Å². The Labute approximate surface area is 170 Å². The number of aryl methyl sites for hydroxylation is 1. The molecule has 2 aromatic heterocycles. The Hall–Kier alpha value is -1.69. The molecule has 1 aromatic carbocycles. The van der Waals surface area contributed by atoms with Gasteiger partial charge in [-0.3, -0.25) is 0 Å². The normalized spacial score (nSPS) is 14.7. The lowest BCUT2D eigenvalue weighted by Gasteiger charge is -2.30. The third kappa shape index (κ3) is 3.44. The van der Waals surface area contributed by atoms with Crippen molar-refractivity contribution in [2.45, 2.75) is 44.7 Å². The van der Waals surface area contributed by atoms with Gasteiger partial charge >= 0.3 is 0 Å². The van der Waals surface area contributed by atoms with Gasteiger partial charge in [0, 0.05) is 25.8 Å². The molecule has 4 rings (SSSR count). The van der Waals surface area contributed by atoms with E-state index in [9.17, 15) is 4.55 Å². The number of hydrogen-bond donors (Lipinski definition) is 0. The Morgan fingerprint density at radius 1 is 1.19 bits per heavy atom. The van der Waals surface area contributed by atoms with E-state index < -0.39 is 11.2 Å². The summed E-state index contributed by atoms with van der Waals surface area (Å²) in [6.07, 6.45) is 5.71. The average Bonchev–Trinajstić information content (AvgIpc) is 2.93. The van der Waals surface area contributed by atoms with Crippen molar-refractivity contribution in [3.05, 3.63) is 53.3 Å². The summed E-state index contributed by atoms with van der Waals surface area (Å²) in [5.41, 5.74) is 5.05. The van der Waals surface area contributed by atoms with Gasteiger partial charge in [-0.1, -0.05) is 31.2 Å². The van der Waals surface area contributed by atoms with E-state index in [0.717, 1.165) is 59.8 Å². The minimum atomic E-state index is -1.01. The summed E-state index contributed by atoms with van der Waals surface area (Å²) >= 11 is -1.01. The van der Waals surface area contributed by atoms with Crippen LogP contribution in [0, 0.1) is 6.92 Å². The van der Waals surface area contributed by atoms with Gasteiger partial charge < -0.3 is 14.0 Å². The molecule has 0 fully saturated rings. The SMILES string of the molecule is CCCn1c(C)c([S+](C)[O-])c2ccnc(N3CCc4ccccc4C3)c21.Cl. The van der Waals surface area contributed by atoms with Crippen LogP contribution in [0.25, 0.3) is 10.9 Å². The molecule has 1 aliphatic rings. The van der Waals surface area contributed by atoms with Crippen LogP contribution >= 0.6 is 12.4 Å². The lowest BCUT2D eigenvalue weighted by atomic mass is 10.00. The molecular weight excluding hydrogens is 378 g/mol. The topological polar surface area (TPSA) is 44.1 Å². The van der Waals surface area contributed by atoms with Crippen LogP contribution in [-0.4, -0.2) is 26.9 Å². The van der Waals surface area contributed by atoms with Crippen molar-refractivity contribution in [2.24, 2.45) is 0 Å². The standard InChI is InChI=1S/C21H25N3OS.ClH/c1-4-12-24-15(2)20(26(3)25)18-9-11-22-21(19(18)24)23-13-10-16-7-5-6-8-17(16)14-23;/h5-9,11H,4,10,12-14H2,1-3H3;1H. The summed E-state index contributed by atoms with van der Waals surface area (Å²) in [5, 5.41) is 1.08. The molecule has 0 aliphatic carbocycles. The molecular formula is C21H26ClN3OS. The van der Waals surface area contributed by atoms with Gasteiger partial charge in [0.15, 0.2) is 10.7 Å². The highest BCUT2D eigenvalue weighted by atomic mass is 35.5. The number of anilines is 1. The van der Waals surface area contributed by atoms with E-state index in [4.69, 9.17) is 4.98 Å². The van der Waals surface area contributed by atoms with Gasteiger partial charge in [0.25, 0.3) is 0 Å². The number of pyridine rings is 1. The van der Waals surface area contributed by atoms with Crippen molar-refractivity contribution in [3.8, 4) is 0 Å². The number of nitrogens with zero attached hydrogens (tertiary/aromatic N) is 3. The van der Waals surface area contributed by atoms with Crippen LogP contribution in [0.4, 0.5) is 5.82 Å². The molecule has 0 spiro atoms. The fraction of sp³-hybridized carbons (Fsp3) is 0.381. The van der Waals surface area contributed by atoms with Crippen LogP contribution in [-0.2, 0) is 30.7 Å². The third-order valence-corrected chi connectivity index (χ3v) is 6.41. The van der Waals surface area contributed by atoms with E-state index in [-0.39, 0.29) is 12.4 Å². The molecule has 3 heterocycles. The molecule has 0 saturated carbocycles. The highest BCUT2D eigenvalue weighted by Gasteiger charge is 2.26. The predicted molar refractivity (Wildman–Crippen MR) is 116 cm³/mol. The summed E-state index contributed by atoms with van der Waals surface area (Å²) in [6, 6.07) is 10.7. The Bertz CT molecular complexity index is 954. The Morgan fingerprint density at radius 3 is 2.63 bits per heavy atom. The molecule has 1 unspecified atom stereocenters.